The number of rotatable bonds is 13. The lowest BCUT2D eigenvalue weighted by molar-refractivity contribution is -0.118. The first-order valence-corrected chi connectivity index (χ1v) is 11.6. The van der Waals surface area contributed by atoms with Crippen LogP contribution in [0.3, 0.4) is 0 Å². The summed E-state index contributed by atoms with van der Waals surface area (Å²) in [6, 6.07) is 17.1. The van der Waals surface area contributed by atoms with Gasteiger partial charge in [-0.3, -0.25) is 14.9 Å². The quantitative estimate of drug-likeness (QED) is 0.351. The highest BCUT2D eigenvalue weighted by molar-refractivity contribution is 7.80. The van der Waals surface area contributed by atoms with E-state index in [-0.39, 0.29) is 17.4 Å². The maximum Gasteiger partial charge on any atom is 0.261 e. The summed E-state index contributed by atoms with van der Waals surface area (Å²) in [7, 11) is 0. The molecule has 2 rings (SSSR count). The molecule has 0 aliphatic rings. The molecule has 2 amide bonds. The van der Waals surface area contributed by atoms with Gasteiger partial charge in [0.1, 0.15) is 5.75 Å². The minimum atomic E-state index is -0.411. The Morgan fingerprint density at radius 1 is 1.00 bits per heavy atom. The Bertz CT molecular complexity index is 874. The molecular weight excluding hydrogens is 422 g/mol. The number of nitrogens with zero attached hydrogens (tertiary/aromatic N) is 1. The summed E-state index contributed by atoms with van der Waals surface area (Å²) in [6.07, 6.45) is 5.26. The summed E-state index contributed by atoms with van der Waals surface area (Å²) in [5.41, 5.74) is 6.90. The van der Waals surface area contributed by atoms with Gasteiger partial charge in [0.25, 0.3) is 5.91 Å². The maximum absolute atomic E-state index is 12.9. The summed E-state index contributed by atoms with van der Waals surface area (Å²) in [5, 5.41) is 3.06. The Labute approximate surface area is 196 Å². The molecule has 0 unspecified atom stereocenters. The number of ether oxygens (including phenoxy) is 1. The molecule has 7 heteroatoms. The van der Waals surface area contributed by atoms with E-state index in [2.05, 4.69) is 12.2 Å². The molecule has 0 saturated carbocycles. The minimum absolute atomic E-state index is 0.155. The van der Waals surface area contributed by atoms with Gasteiger partial charge >= 0.3 is 0 Å². The summed E-state index contributed by atoms with van der Waals surface area (Å²) < 4.78 is 5.85. The second kappa shape index (κ2) is 14.2. The second-order valence-corrected chi connectivity index (χ2v) is 7.99. The van der Waals surface area contributed by atoms with Crippen molar-refractivity contribution in [1.29, 1.82) is 0 Å². The summed E-state index contributed by atoms with van der Waals surface area (Å²) in [6.45, 7) is 3.63. The lowest BCUT2D eigenvalue weighted by atomic mass is 10.1. The predicted molar refractivity (Wildman–Crippen MR) is 132 cm³/mol. The highest BCUT2D eigenvalue weighted by atomic mass is 32.1. The number of carbonyl (C=O) groups is 2. The van der Waals surface area contributed by atoms with Crippen molar-refractivity contribution < 1.29 is 14.3 Å². The standard InChI is InChI=1S/C25H33N3O3S/c1-2-3-4-10-19-31-22-14-9-8-13-21(22)24(30)27-25(32)28(18-16-23(26)29)17-15-20-11-6-5-7-12-20/h5-9,11-14H,2-4,10,15-19H2,1H3,(H2,26,29)(H,27,30,32). The van der Waals surface area contributed by atoms with E-state index in [1.165, 1.54) is 6.42 Å². The van der Waals surface area contributed by atoms with E-state index in [0.29, 0.717) is 31.0 Å². The third kappa shape index (κ3) is 9.06. The zero-order valence-corrected chi connectivity index (χ0v) is 19.5. The number of carbonyl (C=O) groups excluding carboxylic acids is 2. The number of nitrogens with two attached hydrogens (primary N) is 1. The molecule has 0 saturated heterocycles. The molecule has 0 fully saturated rings. The smallest absolute Gasteiger partial charge is 0.261 e. The van der Waals surface area contributed by atoms with Crippen LogP contribution in [0.4, 0.5) is 0 Å². The summed E-state index contributed by atoms with van der Waals surface area (Å²) in [5.74, 6) is -0.203. The van der Waals surface area contributed by atoms with E-state index >= 15 is 0 Å². The monoisotopic (exact) mass is 455 g/mol. The maximum atomic E-state index is 12.9. The van der Waals surface area contributed by atoms with E-state index in [1.807, 2.05) is 36.4 Å². The van der Waals surface area contributed by atoms with E-state index in [4.69, 9.17) is 22.7 Å². The average Bonchev–Trinajstić information content (AvgIpc) is 2.79. The van der Waals surface area contributed by atoms with Gasteiger partial charge in [-0.25, -0.2) is 0 Å². The van der Waals surface area contributed by atoms with Gasteiger partial charge in [0.15, 0.2) is 5.11 Å². The molecule has 172 valence electrons. The van der Waals surface area contributed by atoms with Crippen LogP contribution in [0, 0.1) is 0 Å². The SMILES string of the molecule is CCCCCCOc1ccccc1C(=O)NC(=S)N(CCC(N)=O)CCc1ccccc1. The van der Waals surface area contributed by atoms with Crippen LogP contribution in [0.15, 0.2) is 54.6 Å². The molecule has 32 heavy (non-hydrogen) atoms. The first-order chi connectivity index (χ1) is 15.5. The van der Waals surface area contributed by atoms with Crippen molar-refractivity contribution in [2.24, 2.45) is 5.73 Å². The number of benzene rings is 2. The van der Waals surface area contributed by atoms with E-state index < -0.39 is 5.91 Å². The number of primary amides is 1. The van der Waals surface area contributed by atoms with Crippen LogP contribution in [0.25, 0.3) is 0 Å². The molecule has 0 heterocycles. The fourth-order valence-corrected chi connectivity index (χ4v) is 3.48. The fourth-order valence-electron chi connectivity index (χ4n) is 3.20. The Morgan fingerprint density at radius 3 is 2.44 bits per heavy atom. The van der Waals surface area contributed by atoms with Crippen LogP contribution >= 0.6 is 12.2 Å². The molecule has 2 aromatic carbocycles. The van der Waals surface area contributed by atoms with Gasteiger partial charge in [0, 0.05) is 19.5 Å². The molecule has 0 aromatic heterocycles. The predicted octanol–water partition coefficient (Wildman–Crippen LogP) is 4.08. The number of thiocarbonyl (C=S) groups is 1. The van der Waals surface area contributed by atoms with Crippen molar-refractivity contribution in [3.63, 3.8) is 0 Å². The number of hydrogen-bond donors (Lipinski definition) is 2. The van der Waals surface area contributed by atoms with Crippen LogP contribution in [-0.4, -0.2) is 41.5 Å². The van der Waals surface area contributed by atoms with E-state index in [1.54, 1.807) is 23.1 Å². The highest BCUT2D eigenvalue weighted by Gasteiger charge is 2.17. The Hall–Kier alpha value is -2.93. The molecule has 0 aliphatic heterocycles. The van der Waals surface area contributed by atoms with Crippen molar-refractivity contribution in [2.75, 3.05) is 19.7 Å². The number of nitrogens with one attached hydrogen (secondary N) is 1. The van der Waals surface area contributed by atoms with Gasteiger partial charge < -0.3 is 15.4 Å². The summed E-state index contributed by atoms with van der Waals surface area (Å²) >= 11 is 5.50. The van der Waals surface area contributed by atoms with Crippen molar-refractivity contribution in [1.82, 2.24) is 10.2 Å². The van der Waals surface area contributed by atoms with Crippen LogP contribution in [0.2, 0.25) is 0 Å². The first-order valence-electron chi connectivity index (χ1n) is 11.2. The average molecular weight is 456 g/mol. The molecule has 0 radical (unpaired) electrons. The van der Waals surface area contributed by atoms with Crippen LogP contribution in [0.5, 0.6) is 5.75 Å². The van der Waals surface area contributed by atoms with Crippen LogP contribution in [-0.2, 0) is 11.2 Å². The Balaban J connectivity index is 2.00. The largest absolute Gasteiger partial charge is 0.493 e. The first kappa shape index (κ1) is 25.3. The lowest BCUT2D eigenvalue weighted by Crippen LogP contribution is -2.44. The third-order valence-corrected chi connectivity index (χ3v) is 5.40. The number of para-hydroxylation sites is 1. The van der Waals surface area contributed by atoms with Crippen LogP contribution in [0.1, 0.15) is 54.9 Å². The van der Waals surface area contributed by atoms with Gasteiger partial charge in [-0.05, 0) is 42.8 Å². The Kier molecular flexibility index (Phi) is 11.2. The van der Waals surface area contributed by atoms with Gasteiger partial charge in [0.05, 0.1) is 12.2 Å². The van der Waals surface area contributed by atoms with Gasteiger partial charge in [-0.1, -0.05) is 68.7 Å². The van der Waals surface area contributed by atoms with E-state index in [9.17, 15) is 9.59 Å². The molecule has 0 spiro atoms. The number of hydrogen-bond acceptors (Lipinski definition) is 4. The molecule has 2 aromatic rings. The molecule has 0 bridgehead atoms. The number of amides is 2. The molecular formula is C25H33N3O3S. The minimum Gasteiger partial charge on any atom is -0.493 e. The van der Waals surface area contributed by atoms with Crippen molar-refractivity contribution >= 4 is 29.1 Å². The summed E-state index contributed by atoms with van der Waals surface area (Å²) in [4.78, 5) is 26.0. The zero-order valence-electron chi connectivity index (χ0n) is 18.7. The topological polar surface area (TPSA) is 84.7 Å². The second-order valence-electron chi connectivity index (χ2n) is 7.60. The highest BCUT2D eigenvalue weighted by Crippen LogP contribution is 2.18. The fraction of sp³-hybridized carbons (Fsp3) is 0.400. The van der Waals surface area contributed by atoms with Crippen molar-refractivity contribution in [3.05, 3.63) is 65.7 Å². The zero-order chi connectivity index (χ0) is 23.2. The lowest BCUT2D eigenvalue weighted by Gasteiger charge is -2.25. The normalized spacial score (nSPS) is 10.4. The molecule has 6 nitrogen and oxygen atoms in total. The number of unbranched alkanes of at least 4 members (excludes halogenated alkanes) is 3. The van der Waals surface area contributed by atoms with E-state index in [0.717, 1.165) is 31.2 Å². The van der Waals surface area contributed by atoms with Gasteiger partial charge in [-0.2, -0.15) is 0 Å². The third-order valence-electron chi connectivity index (χ3n) is 5.04. The van der Waals surface area contributed by atoms with Crippen LogP contribution < -0.4 is 15.8 Å². The van der Waals surface area contributed by atoms with Gasteiger partial charge in [0.2, 0.25) is 5.91 Å². The molecule has 0 atom stereocenters. The van der Waals surface area contributed by atoms with Crippen molar-refractivity contribution in [3.8, 4) is 5.75 Å². The Morgan fingerprint density at radius 2 is 1.72 bits per heavy atom. The molecule has 0 aliphatic carbocycles. The van der Waals surface area contributed by atoms with Gasteiger partial charge in [-0.15, -0.1) is 0 Å². The molecule has 3 N–H and O–H groups in total. The van der Waals surface area contributed by atoms with Crippen molar-refractivity contribution in [2.45, 2.75) is 45.4 Å².